The number of alkyl halides is 3. The van der Waals surface area contributed by atoms with Crippen LogP contribution in [0, 0.1) is 0 Å². The Kier molecular flexibility index (Phi) is 2.24. The molecule has 1 aromatic rings. The molecule has 2 rings (SSSR count). The second-order valence-corrected chi connectivity index (χ2v) is 3.68. The number of rotatable bonds is 1. The molecule has 1 aliphatic heterocycles. The fraction of sp³-hybridized carbons (Fsp3) is 0.400. The van der Waals surface area contributed by atoms with Gasteiger partial charge in [-0.25, -0.2) is 0 Å². The van der Waals surface area contributed by atoms with Crippen molar-refractivity contribution in [3.63, 3.8) is 0 Å². The molecule has 0 bridgehead atoms. The largest absolute Gasteiger partial charge is 0.416 e. The SMILES string of the molecule is OC1(c2ccccc2C(F)(F)F)CNC1. The number of nitrogens with one attached hydrogen (secondary N) is 1. The predicted molar refractivity (Wildman–Crippen MR) is 48.2 cm³/mol. The zero-order valence-electron chi connectivity index (χ0n) is 7.80. The van der Waals surface area contributed by atoms with Gasteiger partial charge in [-0.15, -0.1) is 0 Å². The minimum absolute atomic E-state index is 0.0451. The van der Waals surface area contributed by atoms with Crippen LogP contribution in [0.2, 0.25) is 0 Å². The first-order chi connectivity index (χ1) is 6.93. The van der Waals surface area contributed by atoms with Crippen LogP contribution in [0.5, 0.6) is 0 Å². The molecule has 0 saturated carbocycles. The van der Waals surface area contributed by atoms with Gasteiger partial charge in [0.25, 0.3) is 0 Å². The normalized spacial score (nSPS) is 19.7. The Morgan fingerprint density at radius 1 is 1.20 bits per heavy atom. The van der Waals surface area contributed by atoms with Crippen molar-refractivity contribution in [2.45, 2.75) is 11.8 Å². The van der Waals surface area contributed by atoms with E-state index >= 15 is 0 Å². The van der Waals surface area contributed by atoms with Crippen molar-refractivity contribution >= 4 is 0 Å². The molecule has 1 heterocycles. The van der Waals surface area contributed by atoms with Gasteiger partial charge >= 0.3 is 6.18 Å². The molecule has 0 unspecified atom stereocenters. The monoisotopic (exact) mass is 217 g/mol. The van der Waals surface area contributed by atoms with Crippen molar-refractivity contribution in [3.05, 3.63) is 35.4 Å². The fourth-order valence-electron chi connectivity index (χ4n) is 1.69. The van der Waals surface area contributed by atoms with Crippen LogP contribution in [0.15, 0.2) is 24.3 Å². The molecule has 2 N–H and O–H groups in total. The number of hydrogen-bond donors (Lipinski definition) is 2. The molecular formula is C10H10F3NO. The van der Waals surface area contributed by atoms with Crippen molar-refractivity contribution in [2.75, 3.05) is 13.1 Å². The minimum Gasteiger partial charge on any atom is -0.382 e. The quantitative estimate of drug-likeness (QED) is 0.747. The van der Waals surface area contributed by atoms with E-state index in [0.29, 0.717) is 0 Å². The van der Waals surface area contributed by atoms with Crippen LogP contribution in [0.1, 0.15) is 11.1 Å². The van der Waals surface area contributed by atoms with E-state index in [4.69, 9.17) is 0 Å². The highest BCUT2D eigenvalue weighted by Gasteiger charge is 2.43. The lowest BCUT2D eigenvalue weighted by Crippen LogP contribution is -2.57. The second kappa shape index (κ2) is 3.21. The van der Waals surface area contributed by atoms with Gasteiger partial charge in [-0.2, -0.15) is 13.2 Å². The highest BCUT2D eigenvalue weighted by atomic mass is 19.4. The Labute approximate surface area is 84.7 Å². The van der Waals surface area contributed by atoms with E-state index < -0.39 is 17.3 Å². The number of aliphatic hydroxyl groups is 1. The van der Waals surface area contributed by atoms with Crippen molar-refractivity contribution in [3.8, 4) is 0 Å². The van der Waals surface area contributed by atoms with Crippen LogP contribution in [0.4, 0.5) is 13.2 Å². The van der Waals surface area contributed by atoms with Crippen LogP contribution >= 0.6 is 0 Å². The molecular weight excluding hydrogens is 207 g/mol. The third-order valence-corrected chi connectivity index (χ3v) is 2.57. The van der Waals surface area contributed by atoms with Gasteiger partial charge in [0.1, 0.15) is 5.60 Å². The van der Waals surface area contributed by atoms with Crippen molar-refractivity contribution in [1.29, 1.82) is 0 Å². The van der Waals surface area contributed by atoms with Crippen LogP contribution in [-0.2, 0) is 11.8 Å². The summed E-state index contributed by atoms with van der Waals surface area (Å²) in [7, 11) is 0. The van der Waals surface area contributed by atoms with Crippen LogP contribution < -0.4 is 5.32 Å². The lowest BCUT2D eigenvalue weighted by Gasteiger charge is -2.39. The van der Waals surface area contributed by atoms with E-state index in [0.717, 1.165) is 6.07 Å². The smallest absolute Gasteiger partial charge is 0.382 e. The first-order valence-electron chi connectivity index (χ1n) is 4.53. The van der Waals surface area contributed by atoms with E-state index in [1.54, 1.807) is 0 Å². The molecule has 1 aliphatic rings. The Hall–Kier alpha value is -1.07. The van der Waals surface area contributed by atoms with Crippen LogP contribution in [-0.4, -0.2) is 18.2 Å². The lowest BCUT2D eigenvalue weighted by molar-refractivity contribution is -0.141. The summed E-state index contributed by atoms with van der Waals surface area (Å²) in [6.45, 7) is 0.334. The molecule has 1 aromatic carbocycles. The molecule has 0 aliphatic carbocycles. The first-order valence-corrected chi connectivity index (χ1v) is 4.53. The van der Waals surface area contributed by atoms with Gasteiger partial charge in [0.05, 0.1) is 5.56 Å². The van der Waals surface area contributed by atoms with Gasteiger partial charge in [-0.1, -0.05) is 18.2 Å². The average Bonchev–Trinajstić information content (AvgIpc) is 2.13. The van der Waals surface area contributed by atoms with Crippen molar-refractivity contribution in [1.82, 2.24) is 5.32 Å². The Morgan fingerprint density at radius 2 is 1.80 bits per heavy atom. The topological polar surface area (TPSA) is 32.3 Å². The minimum atomic E-state index is -4.41. The molecule has 0 aromatic heterocycles. The van der Waals surface area contributed by atoms with Gasteiger partial charge in [0.15, 0.2) is 0 Å². The summed E-state index contributed by atoms with van der Waals surface area (Å²) in [5.74, 6) is 0. The molecule has 0 amide bonds. The van der Waals surface area contributed by atoms with Gasteiger partial charge < -0.3 is 10.4 Å². The Bertz CT molecular complexity index is 371. The highest BCUT2D eigenvalue weighted by Crippen LogP contribution is 2.37. The Morgan fingerprint density at radius 3 is 2.27 bits per heavy atom. The van der Waals surface area contributed by atoms with E-state index in [-0.39, 0.29) is 18.7 Å². The van der Waals surface area contributed by atoms with E-state index in [9.17, 15) is 18.3 Å². The Balaban J connectivity index is 2.47. The van der Waals surface area contributed by atoms with Gasteiger partial charge in [0.2, 0.25) is 0 Å². The van der Waals surface area contributed by atoms with Crippen LogP contribution in [0.25, 0.3) is 0 Å². The van der Waals surface area contributed by atoms with Crippen molar-refractivity contribution < 1.29 is 18.3 Å². The zero-order chi connectivity index (χ0) is 11.1. The summed E-state index contributed by atoms with van der Waals surface area (Å²) in [4.78, 5) is 0. The summed E-state index contributed by atoms with van der Waals surface area (Å²) in [5.41, 5.74) is -2.17. The molecule has 2 nitrogen and oxygen atoms in total. The van der Waals surface area contributed by atoms with E-state index in [1.165, 1.54) is 18.2 Å². The lowest BCUT2D eigenvalue weighted by atomic mass is 9.85. The van der Waals surface area contributed by atoms with Gasteiger partial charge in [0, 0.05) is 13.1 Å². The van der Waals surface area contributed by atoms with Gasteiger partial charge in [-0.05, 0) is 11.6 Å². The third-order valence-electron chi connectivity index (χ3n) is 2.57. The summed E-state index contributed by atoms with van der Waals surface area (Å²) < 4.78 is 37.8. The number of benzene rings is 1. The highest BCUT2D eigenvalue weighted by molar-refractivity contribution is 5.36. The summed E-state index contributed by atoms with van der Waals surface area (Å²) in [6.07, 6.45) is -4.41. The van der Waals surface area contributed by atoms with E-state index in [2.05, 4.69) is 5.32 Å². The molecule has 5 heteroatoms. The maximum atomic E-state index is 12.6. The fourth-order valence-corrected chi connectivity index (χ4v) is 1.69. The van der Waals surface area contributed by atoms with Gasteiger partial charge in [-0.3, -0.25) is 0 Å². The molecule has 0 spiro atoms. The van der Waals surface area contributed by atoms with E-state index in [1.807, 2.05) is 0 Å². The molecule has 15 heavy (non-hydrogen) atoms. The summed E-state index contributed by atoms with van der Waals surface area (Å²) >= 11 is 0. The first kappa shape index (κ1) is 10.4. The van der Waals surface area contributed by atoms with Crippen LogP contribution in [0.3, 0.4) is 0 Å². The molecule has 1 saturated heterocycles. The predicted octanol–water partition coefficient (Wildman–Crippen LogP) is 1.50. The third kappa shape index (κ3) is 1.72. The summed E-state index contributed by atoms with van der Waals surface area (Å²) in [5, 5.41) is 12.6. The maximum absolute atomic E-state index is 12.6. The molecule has 0 radical (unpaired) electrons. The molecule has 0 atom stereocenters. The maximum Gasteiger partial charge on any atom is 0.416 e. The molecule has 82 valence electrons. The number of β-amino-alcohol motifs (C(OH)–C–C–N with tert-alkyl or cyclic N) is 1. The second-order valence-electron chi connectivity index (χ2n) is 3.68. The average molecular weight is 217 g/mol. The molecule has 1 fully saturated rings. The standard InChI is InChI=1S/C10H10F3NO/c11-10(12,13)8-4-2-1-3-7(8)9(15)5-14-6-9/h1-4,14-15H,5-6H2. The number of hydrogen-bond acceptors (Lipinski definition) is 2. The zero-order valence-corrected chi connectivity index (χ0v) is 7.80. The van der Waals surface area contributed by atoms with Crippen molar-refractivity contribution in [2.24, 2.45) is 0 Å². The summed E-state index contributed by atoms with van der Waals surface area (Å²) in [6, 6.07) is 5.14. The number of halogens is 3.